The van der Waals surface area contributed by atoms with Crippen LogP contribution in [0.25, 0.3) is 90.6 Å². The summed E-state index contributed by atoms with van der Waals surface area (Å²) in [6, 6.07) is 64.4. The zero-order valence-electron chi connectivity index (χ0n) is 30.0. The lowest BCUT2D eigenvalue weighted by Gasteiger charge is -2.11. The van der Waals surface area contributed by atoms with Crippen LogP contribution >= 0.6 is 0 Å². The van der Waals surface area contributed by atoms with Crippen LogP contribution in [0.2, 0.25) is 0 Å². The van der Waals surface area contributed by atoms with Crippen LogP contribution < -0.4 is 0 Å². The summed E-state index contributed by atoms with van der Waals surface area (Å²) in [7, 11) is 0. The molecule has 9 rings (SSSR count). The normalized spacial score (nSPS) is 10.8. The van der Waals surface area contributed by atoms with Crippen molar-refractivity contribution in [2.75, 3.05) is 0 Å². The molecule has 9 aromatic rings. The number of rotatable bonds is 8. The lowest BCUT2D eigenvalue weighted by molar-refractivity contribution is 1.07. The van der Waals surface area contributed by atoms with Crippen molar-refractivity contribution in [1.82, 2.24) is 29.9 Å². The third kappa shape index (κ3) is 7.19. The molecule has 7 nitrogen and oxygen atoms in total. The summed E-state index contributed by atoms with van der Waals surface area (Å²) >= 11 is 0. The summed E-state index contributed by atoms with van der Waals surface area (Å²) in [6.07, 6.45) is 0. The highest BCUT2D eigenvalue weighted by Crippen LogP contribution is 2.31. The SMILES string of the molecule is N#Cc1cccc(-c2nc(-c3ccccc3)nc(-c3cccc(-c4ccc(-c5nc(-c6ccccc6)nc(-c6ccc(-c7ccccc7)cc6)n5)cc4)c3)n2)c1. The van der Waals surface area contributed by atoms with Crippen molar-refractivity contribution < 1.29 is 0 Å². The number of hydrogen-bond donors (Lipinski definition) is 0. The zero-order valence-corrected chi connectivity index (χ0v) is 30.0. The van der Waals surface area contributed by atoms with Crippen LogP contribution in [-0.4, -0.2) is 29.9 Å². The second kappa shape index (κ2) is 15.2. The second-order valence-corrected chi connectivity index (χ2v) is 13.1. The van der Waals surface area contributed by atoms with Gasteiger partial charge in [0.25, 0.3) is 0 Å². The molecule has 0 radical (unpaired) electrons. The maximum absolute atomic E-state index is 9.54. The molecule has 0 spiro atoms. The van der Waals surface area contributed by atoms with E-state index in [9.17, 15) is 5.26 Å². The van der Waals surface area contributed by atoms with Gasteiger partial charge in [0.2, 0.25) is 0 Å². The molecule has 0 N–H and O–H groups in total. The molecule has 0 unspecified atom stereocenters. The Morgan fingerprint density at radius 3 is 0.982 bits per heavy atom. The molecule has 0 saturated carbocycles. The molecule has 7 heteroatoms. The van der Waals surface area contributed by atoms with E-state index in [0.717, 1.165) is 55.6 Å². The molecule has 0 atom stereocenters. The number of aromatic nitrogens is 6. The van der Waals surface area contributed by atoms with Gasteiger partial charge in [-0.1, -0.05) is 170 Å². The van der Waals surface area contributed by atoms with Crippen molar-refractivity contribution in [3.05, 3.63) is 194 Å². The number of nitrogens with zero attached hydrogens (tertiary/aromatic N) is 7. The molecule has 262 valence electrons. The fraction of sp³-hybridized carbons (Fsp3) is 0. The molecule has 2 heterocycles. The molecule has 0 aliphatic rings. The highest BCUT2D eigenvalue weighted by atomic mass is 15.0. The molecule has 0 amide bonds. The Balaban J connectivity index is 1.06. The smallest absolute Gasteiger partial charge is 0.164 e. The van der Waals surface area contributed by atoms with E-state index in [0.29, 0.717) is 40.5 Å². The molecule has 0 saturated heterocycles. The average molecular weight is 718 g/mol. The highest BCUT2D eigenvalue weighted by molar-refractivity contribution is 5.75. The molecule has 56 heavy (non-hydrogen) atoms. The Morgan fingerprint density at radius 1 is 0.250 bits per heavy atom. The Morgan fingerprint density at radius 2 is 0.536 bits per heavy atom. The van der Waals surface area contributed by atoms with Crippen molar-refractivity contribution in [3.63, 3.8) is 0 Å². The second-order valence-electron chi connectivity index (χ2n) is 13.1. The summed E-state index contributed by atoms with van der Waals surface area (Å²) in [5, 5.41) is 9.54. The van der Waals surface area contributed by atoms with Crippen LogP contribution in [0.4, 0.5) is 0 Å². The van der Waals surface area contributed by atoms with Crippen molar-refractivity contribution in [3.8, 4) is 96.7 Å². The van der Waals surface area contributed by atoms with E-state index in [1.165, 1.54) is 0 Å². The minimum Gasteiger partial charge on any atom is -0.208 e. The summed E-state index contributed by atoms with van der Waals surface area (Å²) in [4.78, 5) is 29.4. The van der Waals surface area contributed by atoms with Crippen molar-refractivity contribution in [2.24, 2.45) is 0 Å². The molecule has 2 aromatic heterocycles. The number of nitriles is 1. The fourth-order valence-corrected chi connectivity index (χ4v) is 6.52. The first-order valence-electron chi connectivity index (χ1n) is 18.2. The van der Waals surface area contributed by atoms with Gasteiger partial charge in [0, 0.05) is 33.4 Å². The Bertz CT molecular complexity index is 2840. The topological polar surface area (TPSA) is 101 Å². The van der Waals surface area contributed by atoms with Crippen molar-refractivity contribution in [2.45, 2.75) is 0 Å². The molecular formula is C49H31N7. The number of benzene rings is 7. The van der Waals surface area contributed by atoms with Gasteiger partial charge in [0.05, 0.1) is 11.6 Å². The monoisotopic (exact) mass is 717 g/mol. The molecular weight excluding hydrogens is 687 g/mol. The van der Waals surface area contributed by atoms with Crippen molar-refractivity contribution >= 4 is 0 Å². The van der Waals surface area contributed by atoms with E-state index in [2.05, 4.69) is 66.7 Å². The quantitative estimate of drug-likeness (QED) is 0.154. The maximum Gasteiger partial charge on any atom is 0.164 e. The van der Waals surface area contributed by atoms with Crippen LogP contribution in [0, 0.1) is 11.3 Å². The summed E-state index contributed by atoms with van der Waals surface area (Å²) in [5.41, 5.74) is 10.0. The first-order chi connectivity index (χ1) is 27.7. The van der Waals surface area contributed by atoms with Gasteiger partial charge in [-0.2, -0.15) is 5.26 Å². The molecule has 0 bridgehead atoms. The summed E-state index contributed by atoms with van der Waals surface area (Å²) < 4.78 is 0. The lowest BCUT2D eigenvalue weighted by atomic mass is 10.0. The van der Waals surface area contributed by atoms with Crippen LogP contribution in [0.15, 0.2) is 188 Å². The van der Waals surface area contributed by atoms with Gasteiger partial charge in [-0.3, -0.25) is 0 Å². The van der Waals surface area contributed by atoms with Gasteiger partial charge in [-0.05, 0) is 40.5 Å². The first-order valence-corrected chi connectivity index (χ1v) is 18.2. The summed E-state index contributed by atoms with van der Waals surface area (Å²) in [5.74, 6) is 3.41. The van der Waals surface area contributed by atoms with Gasteiger partial charge >= 0.3 is 0 Å². The zero-order chi connectivity index (χ0) is 37.7. The Kier molecular flexibility index (Phi) is 9.18. The largest absolute Gasteiger partial charge is 0.208 e. The lowest BCUT2D eigenvalue weighted by Crippen LogP contribution is -2.00. The molecule has 0 fully saturated rings. The van der Waals surface area contributed by atoms with E-state index in [4.69, 9.17) is 29.9 Å². The van der Waals surface area contributed by atoms with Gasteiger partial charge in [0.15, 0.2) is 34.9 Å². The molecule has 0 aliphatic heterocycles. The first kappa shape index (κ1) is 33.9. The molecule has 0 aliphatic carbocycles. The number of hydrogen-bond acceptors (Lipinski definition) is 7. The van der Waals surface area contributed by atoms with Gasteiger partial charge in [0.1, 0.15) is 0 Å². The van der Waals surface area contributed by atoms with Crippen LogP contribution in [0.3, 0.4) is 0 Å². The highest BCUT2D eigenvalue weighted by Gasteiger charge is 2.15. The third-order valence-electron chi connectivity index (χ3n) is 9.43. The van der Waals surface area contributed by atoms with Gasteiger partial charge in [-0.15, -0.1) is 0 Å². The van der Waals surface area contributed by atoms with E-state index >= 15 is 0 Å². The average Bonchev–Trinajstić information content (AvgIpc) is 3.30. The predicted molar refractivity (Wildman–Crippen MR) is 221 cm³/mol. The van der Waals surface area contributed by atoms with E-state index in [1.807, 2.05) is 115 Å². The van der Waals surface area contributed by atoms with E-state index in [1.54, 1.807) is 12.1 Å². The minimum absolute atomic E-state index is 0.499. The minimum atomic E-state index is 0.499. The summed E-state index contributed by atoms with van der Waals surface area (Å²) in [6.45, 7) is 0. The van der Waals surface area contributed by atoms with E-state index < -0.39 is 0 Å². The van der Waals surface area contributed by atoms with Gasteiger partial charge < -0.3 is 0 Å². The fourth-order valence-electron chi connectivity index (χ4n) is 6.52. The standard InChI is InChI=1S/C49H31N7/c50-32-33-12-10-20-42(30-33)48-54-45(38-17-8-3-9-18-38)55-49(56-48)43-21-11-19-41(31-43)36-24-28-40(29-25-36)47-52-44(37-15-6-2-7-16-37)51-46(53-47)39-26-22-35(23-27-39)34-13-4-1-5-14-34/h1-31H. The predicted octanol–water partition coefficient (Wildman–Crippen LogP) is 11.3. The van der Waals surface area contributed by atoms with Crippen molar-refractivity contribution in [1.29, 1.82) is 5.26 Å². The van der Waals surface area contributed by atoms with E-state index in [-0.39, 0.29) is 0 Å². The van der Waals surface area contributed by atoms with Crippen LogP contribution in [0.1, 0.15) is 5.56 Å². The Labute approximate surface area is 324 Å². The third-order valence-corrected chi connectivity index (χ3v) is 9.43. The van der Waals surface area contributed by atoms with Crippen LogP contribution in [0.5, 0.6) is 0 Å². The van der Waals surface area contributed by atoms with Gasteiger partial charge in [-0.25, -0.2) is 29.9 Å². The maximum atomic E-state index is 9.54. The van der Waals surface area contributed by atoms with Crippen LogP contribution in [-0.2, 0) is 0 Å². The molecule has 7 aromatic carbocycles. The Hall–Kier alpha value is -7.95.